The Kier molecular flexibility index (Phi) is 4.75. The number of rotatable bonds is 1. The van der Waals surface area contributed by atoms with Crippen molar-refractivity contribution >= 4 is 23.2 Å². The van der Waals surface area contributed by atoms with Crippen molar-refractivity contribution in [1.29, 1.82) is 0 Å². The van der Waals surface area contributed by atoms with E-state index < -0.39 is 5.41 Å². The van der Waals surface area contributed by atoms with E-state index in [2.05, 4.69) is 17.5 Å². The molecule has 1 atom stereocenters. The Bertz CT molecular complexity index is 833. The van der Waals surface area contributed by atoms with Gasteiger partial charge in [-0.05, 0) is 44.4 Å². The fraction of sp³-hybridized carbons (Fsp3) is 0.450. The summed E-state index contributed by atoms with van der Waals surface area (Å²) >= 11 is 0. The Morgan fingerprint density at radius 2 is 2.12 bits per heavy atom. The summed E-state index contributed by atoms with van der Waals surface area (Å²) in [5, 5.41) is 4.02. The van der Waals surface area contributed by atoms with Gasteiger partial charge in [-0.25, -0.2) is 4.98 Å². The predicted octanol–water partition coefficient (Wildman–Crippen LogP) is 3.79. The highest BCUT2D eigenvalue weighted by Gasteiger charge is 2.28. The number of carbonyl (C=O) groups excluding carboxylic acids is 2. The van der Waals surface area contributed by atoms with Gasteiger partial charge in [-0.3, -0.25) is 9.59 Å². The average Bonchev–Trinajstić information content (AvgIpc) is 2.94. The van der Waals surface area contributed by atoms with Gasteiger partial charge >= 0.3 is 0 Å². The number of carbonyl (C=O) groups is 2. The lowest BCUT2D eigenvalue weighted by Crippen LogP contribution is -2.38. The monoisotopic (exact) mass is 339 g/mol. The predicted molar refractivity (Wildman–Crippen MR) is 98.5 cm³/mol. The van der Waals surface area contributed by atoms with Crippen LogP contribution in [-0.4, -0.2) is 21.7 Å². The van der Waals surface area contributed by atoms with E-state index in [1.807, 2.05) is 43.5 Å². The lowest BCUT2D eigenvalue weighted by atomic mass is 9.87. The van der Waals surface area contributed by atoms with Crippen molar-refractivity contribution in [3.63, 3.8) is 0 Å². The van der Waals surface area contributed by atoms with Crippen LogP contribution in [0, 0.1) is 5.41 Å². The summed E-state index contributed by atoms with van der Waals surface area (Å²) in [7, 11) is 0. The van der Waals surface area contributed by atoms with Crippen LogP contribution in [0.5, 0.6) is 0 Å². The summed E-state index contributed by atoms with van der Waals surface area (Å²) < 4.78 is 1.98. The maximum Gasteiger partial charge on any atom is 0.226 e. The molecule has 1 aliphatic rings. The van der Waals surface area contributed by atoms with Crippen LogP contribution in [0.1, 0.15) is 62.3 Å². The number of amides is 1. The zero-order valence-electron chi connectivity index (χ0n) is 15.1. The van der Waals surface area contributed by atoms with Crippen molar-refractivity contribution < 1.29 is 9.59 Å². The minimum atomic E-state index is -0.454. The molecule has 132 valence electrons. The number of allylic oxidation sites excluding steroid dienone is 2. The molecule has 1 aliphatic heterocycles. The lowest BCUT2D eigenvalue weighted by molar-refractivity contribution is -0.129. The molecular formula is C20H25N3O2. The Hall–Kier alpha value is -2.43. The maximum absolute atomic E-state index is 12.6. The van der Waals surface area contributed by atoms with Gasteiger partial charge in [0.2, 0.25) is 5.91 Å². The number of fused-ring (bicyclic) bond motifs is 1. The fourth-order valence-electron chi connectivity index (χ4n) is 3.16. The largest absolute Gasteiger partial charge is 0.348 e. The second kappa shape index (κ2) is 6.82. The third-order valence-corrected chi connectivity index (χ3v) is 4.87. The highest BCUT2D eigenvalue weighted by Crippen LogP contribution is 2.25. The fourth-order valence-corrected chi connectivity index (χ4v) is 3.16. The van der Waals surface area contributed by atoms with Crippen LogP contribution >= 0.6 is 0 Å². The molecular weight excluding hydrogens is 314 g/mol. The number of nitrogens with one attached hydrogen (secondary N) is 1. The first-order valence-corrected chi connectivity index (χ1v) is 8.84. The third-order valence-electron chi connectivity index (χ3n) is 4.87. The van der Waals surface area contributed by atoms with Crippen LogP contribution in [-0.2, 0) is 11.3 Å². The Morgan fingerprint density at radius 1 is 1.32 bits per heavy atom. The molecule has 5 nitrogen and oxygen atoms in total. The highest BCUT2D eigenvalue weighted by atomic mass is 16.2. The van der Waals surface area contributed by atoms with Gasteiger partial charge in [-0.1, -0.05) is 26.0 Å². The van der Waals surface area contributed by atoms with Crippen LogP contribution in [0.2, 0.25) is 0 Å². The number of aryl methyl sites for hydroxylation is 1. The van der Waals surface area contributed by atoms with E-state index in [4.69, 9.17) is 4.98 Å². The molecule has 2 bridgehead atoms. The van der Waals surface area contributed by atoms with Crippen molar-refractivity contribution in [2.45, 2.75) is 52.6 Å². The Morgan fingerprint density at radius 3 is 2.88 bits per heavy atom. The zero-order valence-corrected chi connectivity index (χ0v) is 15.1. The van der Waals surface area contributed by atoms with Gasteiger partial charge in [-0.2, -0.15) is 0 Å². The molecule has 0 spiro atoms. The molecule has 1 amide bonds. The quantitative estimate of drug-likeness (QED) is 0.635. The summed E-state index contributed by atoms with van der Waals surface area (Å²) in [5.41, 5.74) is 1.81. The molecule has 0 fully saturated rings. The van der Waals surface area contributed by atoms with Crippen molar-refractivity contribution in [3.05, 3.63) is 41.7 Å². The topological polar surface area (TPSA) is 64.0 Å². The van der Waals surface area contributed by atoms with E-state index >= 15 is 0 Å². The van der Waals surface area contributed by atoms with Crippen molar-refractivity contribution in [2.24, 2.45) is 5.41 Å². The highest BCUT2D eigenvalue weighted by molar-refractivity contribution is 5.87. The minimum Gasteiger partial charge on any atom is -0.348 e. The molecule has 0 aliphatic carbocycles. The number of hydrogen-bond acceptors (Lipinski definition) is 3. The lowest BCUT2D eigenvalue weighted by Gasteiger charge is -2.25. The van der Waals surface area contributed by atoms with E-state index in [0.29, 0.717) is 12.1 Å². The number of aromatic nitrogens is 2. The smallest absolute Gasteiger partial charge is 0.226 e. The molecule has 2 aromatic heterocycles. The van der Waals surface area contributed by atoms with Crippen LogP contribution in [0.25, 0.3) is 11.0 Å². The SMILES string of the molecule is C[C@H]1NC(=O)C(C)(C)C/C=C/CCCn2c(C=O)cc3ccc1nc32. The molecule has 25 heavy (non-hydrogen) atoms. The normalized spacial score (nSPS) is 22.4. The average molecular weight is 339 g/mol. The third kappa shape index (κ3) is 3.50. The maximum atomic E-state index is 12.6. The summed E-state index contributed by atoms with van der Waals surface area (Å²) in [6, 6.07) is 5.58. The Balaban J connectivity index is 2.05. The van der Waals surface area contributed by atoms with Crippen LogP contribution in [0.15, 0.2) is 30.4 Å². The van der Waals surface area contributed by atoms with E-state index in [9.17, 15) is 9.59 Å². The molecule has 5 heteroatoms. The van der Waals surface area contributed by atoms with Crippen LogP contribution in [0.3, 0.4) is 0 Å². The number of hydrogen-bond donors (Lipinski definition) is 1. The van der Waals surface area contributed by atoms with E-state index in [1.165, 1.54) is 0 Å². The second-order valence-corrected chi connectivity index (χ2v) is 7.38. The molecule has 0 radical (unpaired) electrons. The summed E-state index contributed by atoms with van der Waals surface area (Å²) in [6.07, 6.45) is 7.62. The molecule has 3 rings (SSSR count). The van der Waals surface area contributed by atoms with Gasteiger partial charge < -0.3 is 9.88 Å². The van der Waals surface area contributed by atoms with Crippen molar-refractivity contribution in [3.8, 4) is 0 Å². The zero-order chi connectivity index (χ0) is 18.0. The van der Waals surface area contributed by atoms with Crippen molar-refractivity contribution in [2.75, 3.05) is 0 Å². The van der Waals surface area contributed by atoms with Gasteiger partial charge in [0.25, 0.3) is 0 Å². The molecule has 0 unspecified atom stereocenters. The first kappa shape index (κ1) is 17.4. The number of aldehydes is 1. The van der Waals surface area contributed by atoms with Crippen molar-refractivity contribution in [1.82, 2.24) is 14.9 Å². The summed E-state index contributed by atoms with van der Waals surface area (Å²) in [6.45, 7) is 6.62. The second-order valence-electron chi connectivity index (χ2n) is 7.38. The summed E-state index contributed by atoms with van der Waals surface area (Å²) in [5.74, 6) is 0.0209. The van der Waals surface area contributed by atoms with Crippen LogP contribution < -0.4 is 5.32 Å². The number of nitrogens with zero attached hydrogens (tertiary/aromatic N) is 2. The van der Waals surface area contributed by atoms with Gasteiger partial charge in [0, 0.05) is 17.3 Å². The molecule has 1 N–H and O–H groups in total. The van der Waals surface area contributed by atoms with Gasteiger partial charge in [0.15, 0.2) is 6.29 Å². The standard InChI is InChI=1S/C20H25N3O2/c1-14-17-9-8-15-12-16(13-24)23(18(15)22-17)11-7-5-4-6-10-20(2,3)19(25)21-14/h4,6,8-9,12-14H,5,7,10-11H2,1-3H3,(H,21,25)/b6-4+/t14-/m1/s1. The Labute approximate surface area is 148 Å². The van der Waals surface area contributed by atoms with E-state index in [0.717, 1.165) is 42.4 Å². The van der Waals surface area contributed by atoms with E-state index in [-0.39, 0.29) is 11.9 Å². The van der Waals surface area contributed by atoms with Gasteiger partial charge in [0.1, 0.15) is 5.65 Å². The molecule has 3 heterocycles. The molecule has 0 saturated carbocycles. The van der Waals surface area contributed by atoms with Gasteiger partial charge in [0.05, 0.1) is 17.4 Å². The van der Waals surface area contributed by atoms with Crippen LogP contribution in [0.4, 0.5) is 0 Å². The minimum absolute atomic E-state index is 0.0209. The molecule has 0 aromatic carbocycles. The first-order chi connectivity index (χ1) is 11.9. The van der Waals surface area contributed by atoms with Gasteiger partial charge in [-0.15, -0.1) is 0 Å². The summed E-state index contributed by atoms with van der Waals surface area (Å²) in [4.78, 5) is 28.8. The first-order valence-electron chi connectivity index (χ1n) is 8.84. The number of pyridine rings is 1. The molecule has 2 aromatic rings. The molecule has 0 saturated heterocycles. The van der Waals surface area contributed by atoms with E-state index in [1.54, 1.807) is 0 Å².